The fraction of sp³-hybridized carbons (Fsp3) is 0.875. The van der Waals surface area contributed by atoms with E-state index < -0.39 is 34.0 Å². The van der Waals surface area contributed by atoms with E-state index >= 15 is 4.39 Å². The Morgan fingerprint density at radius 2 is 1.94 bits per heavy atom. The molecule has 7 heteroatoms. The average Bonchev–Trinajstić information content (AvgIpc) is 3.40. The fourth-order valence-corrected chi connectivity index (χ4v) is 9.01. The van der Waals surface area contributed by atoms with Crippen LogP contribution >= 0.6 is 0 Å². The minimum Gasteiger partial charge on any atom is -0.390 e. The maximum atomic E-state index is 17.3. The second kappa shape index (κ2) is 6.17. The molecule has 0 bridgehead atoms. The van der Waals surface area contributed by atoms with Crippen molar-refractivity contribution in [3.05, 3.63) is 11.6 Å². The van der Waals surface area contributed by atoms with Crippen LogP contribution in [0.3, 0.4) is 0 Å². The molecule has 0 amide bonds. The number of hydrogen-bond donors (Lipinski definition) is 1. The van der Waals surface area contributed by atoms with Gasteiger partial charge in [-0.05, 0) is 37.5 Å². The number of allylic oxidation sites excluding steroid dienone is 2. The van der Waals surface area contributed by atoms with Crippen LogP contribution in [0.1, 0.15) is 59.3 Å². The van der Waals surface area contributed by atoms with Gasteiger partial charge in [0.2, 0.25) is 5.79 Å². The van der Waals surface area contributed by atoms with Crippen molar-refractivity contribution in [3.63, 3.8) is 0 Å². The van der Waals surface area contributed by atoms with Crippen LogP contribution in [0.25, 0.3) is 0 Å². The normalized spacial score (nSPS) is 58.4. The Labute approximate surface area is 182 Å². The Balaban J connectivity index is 1.47. The number of halogens is 1. The largest absolute Gasteiger partial charge is 0.390 e. The van der Waals surface area contributed by atoms with E-state index in [4.69, 9.17) is 18.9 Å². The predicted molar refractivity (Wildman–Crippen MR) is 107 cm³/mol. The third-order valence-electron chi connectivity index (χ3n) is 10.4. The summed E-state index contributed by atoms with van der Waals surface area (Å²) in [6, 6.07) is 0. The lowest BCUT2D eigenvalue weighted by Gasteiger charge is -2.63. The number of carbonyl (C=O) groups is 1. The van der Waals surface area contributed by atoms with Gasteiger partial charge in [-0.2, -0.15) is 0 Å². The summed E-state index contributed by atoms with van der Waals surface area (Å²) < 4.78 is 41.4. The summed E-state index contributed by atoms with van der Waals surface area (Å²) in [7, 11) is 0. The number of carbonyl (C=O) groups excluding carboxylic acids is 1. The third kappa shape index (κ3) is 2.10. The summed E-state index contributed by atoms with van der Waals surface area (Å²) in [5, 5.41) is 11.6. The van der Waals surface area contributed by atoms with Crippen LogP contribution in [0, 0.1) is 28.6 Å². The number of hydrogen-bond acceptors (Lipinski definition) is 6. The Kier molecular flexibility index (Phi) is 4.13. The molecule has 3 saturated carbocycles. The zero-order chi connectivity index (χ0) is 21.9. The lowest BCUT2D eigenvalue weighted by molar-refractivity contribution is -0.278. The number of alkyl halides is 1. The summed E-state index contributed by atoms with van der Waals surface area (Å²) in [6.07, 6.45) is 3.72. The van der Waals surface area contributed by atoms with Crippen molar-refractivity contribution in [2.24, 2.45) is 28.6 Å². The van der Waals surface area contributed by atoms with Crippen molar-refractivity contribution in [2.45, 2.75) is 82.5 Å². The van der Waals surface area contributed by atoms with Crippen LogP contribution in [-0.2, 0) is 23.7 Å². The van der Waals surface area contributed by atoms with Gasteiger partial charge in [0.15, 0.2) is 13.6 Å². The van der Waals surface area contributed by atoms with Gasteiger partial charge in [0.05, 0.1) is 6.10 Å². The summed E-state index contributed by atoms with van der Waals surface area (Å²) >= 11 is 0. The number of ketones is 1. The fourth-order valence-electron chi connectivity index (χ4n) is 9.01. The van der Waals surface area contributed by atoms with Gasteiger partial charge in [-0.3, -0.25) is 4.79 Å². The molecule has 0 aromatic rings. The molecule has 1 N–H and O–H groups in total. The van der Waals surface area contributed by atoms with Gasteiger partial charge in [0.25, 0.3) is 0 Å². The molecule has 6 nitrogen and oxygen atoms in total. The van der Waals surface area contributed by atoms with Crippen molar-refractivity contribution < 1.29 is 33.2 Å². The van der Waals surface area contributed by atoms with Crippen LogP contribution in [0.4, 0.5) is 4.39 Å². The third-order valence-corrected chi connectivity index (χ3v) is 10.4. The van der Waals surface area contributed by atoms with Crippen LogP contribution < -0.4 is 0 Å². The van der Waals surface area contributed by atoms with E-state index in [-0.39, 0.29) is 50.2 Å². The minimum atomic E-state index is -1.76. The summed E-state index contributed by atoms with van der Waals surface area (Å²) in [6.45, 7) is 6.75. The van der Waals surface area contributed by atoms with Crippen LogP contribution in [0.15, 0.2) is 11.6 Å². The van der Waals surface area contributed by atoms with E-state index in [0.29, 0.717) is 25.7 Å². The molecule has 172 valence electrons. The highest BCUT2D eigenvalue weighted by Crippen LogP contribution is 2.74. The molecule has 5 fully saturated rings. The van der Waals surface area contributed by atoms with E-state index in [2.05, 4.69) is 19.9 Å². The SMILES string of the molecule is C[C@@H]1C[C@H]2[C@@H]3CC=C4CC(=O)CC[C@]4(C)[C@@]3(F)[C@@H](O)C[C@]2(C)[C@]12OCOC21COCO1. The molecule has 0 aromatic carbocycles. The number of fused-ring (bicyclic) bond motifs is 7. The molecule has 31 heavy (non-hydrogen) atoms. The van der Waals surface area contributed by atoms with Gasteiger partial charge >= 0.3 is 0 Å². The first-order valence-corrected chi connectivity index (χ1v) is 11.7. The monoisotopic (exact) mass is 436 g/mol. The van der Waals surface area contributed by atoms with E-state index in [1.807, 2.05) is 6.92 Å². The van der Waals surface area contributed by atoms with Gasteiger partial charge < -0.3 is 24.1 Å². The van der Waals surface area contributed by atoms with Gasteiger partial charge in [-0.1, -0.05) is 32.4 Å². The number of ether oxygens (including phenoxy) is 4. The second-order valence-corrected chi connectivity index (χ2v) is 11.3. The van der Waals surface area contributed by atoms with Crippen LogP contribution in [0.2, 0.25) is 0 Å². The van der Waals surface area contributed by atoms with Gasteiger partial charge in [0.1, 0.15) is 23.7 Å². The zero-order valence-corrected chi connectivity index (χ0v) is 18.6. The lowest BCUT2D eigenvalue weighted by Crippen LogP contribution is -2.71. The average molecular weight is 437 g/mol. The molecule has 0 aromatic heterocycles. The highest BCUT2D eigenvalue weighted by Gasteiger charge is 2.81. The molecule has 0 radical (unpaired) electrons. The molecular formula is C24H33FO6. The molecule has 2 spiro atoms. The molecule has 2 heterocycles. The van der Waals surface area contributed by atoms with Crippen molar-refractivity contribution in [1.82, 2.24) is 0 Å². The molecule has 2 saturated heterocycles. The van der Waals surface area contributed by atoms with Gasteiger partial charge in [-0.15, -0.1) is 0 Å². The minimum absolute atomic E-state index is 0.00549. The molecule has 2 aliphatic heterocycles. The molecule has 9 atom stereocenters. The highest BCUT2D eigenvalue weighted by atomic mass is 19.1. The molecule has 1 unspecified atom stereocenters. The first kappa shape index (κ1) is 20.7. The first-order chi connectivity index (χ1) is 14.6. The van der Waals surface area contributed by atoms with E-state index in [0.717, 1.165) is 12.0 Å². The number of aliphatic hydroxyl groups excluding tert-OH is 1. The molecule has 6 rings (SSSR count). The Hall–Kier alpha value is -0.860. The Morgan fingerprint density at radius 1 is 1.16 bits per heavy atom. The van der Waals surface area contributed by atoms with Crippen LogP contribution in [-0.4, -0.2) is 54.2 Å². The van der Waals surface area contributed by atoms with Crippen molar-refractivity contribution in [1.29, 1.82) is 0 Å². The Morgan fingerprint density at radius 3 is 2.68 bits per heavy atom. The van der Waals surface area contributed by atoms with Crippen molar-refractivity contribution in [3.8, 4) is 0 Å². The van der Waals surface area contributed by atoms with Crippen LogP contribution in [0.5, 0.6) is 0 Å². The van der Waals surface area contributed by atoms with E-state index in [9.17, 15) is 9.90 Å². The lowest BCUT2D eigenvalue weighted by atomic mass is 9.44. The van der Waals surface area contributed by atoms with Crippen molar-refractivity contribution in [2.75, 3.05) is 20.2 Å². The topological polar surface area (TPSA) is 74.2 Å². The number of Topliss-reactive ketones (excluding diaryl/α,β-unsaturated/α-hetero) is 1. The second-order valence-electron chi connectivity index (χ2n) is 11.3. The predicted octanol–water partition coefficient (Wildman–Crippen LogP) is 3.27. The molecule has 4 aliphatic carbocycles. The molecule has 6 aliphatic rings. The smallest absolute Gasteiger partial charge is 0.227 e. The summed E-state index contributed by atoms with van der Waals surface area (Å²) in [5.74, 6) is -1.11. The zero-order valence-electron chi connectivity index (χ0n) is 18.6. The number of aliphatic hydroxyl groups is 1. The van der Waals surface area contributed by atoms with E-state index in [1.54, 1.807) is 0 Å². The summed E-state index contributed by atoms with van der Waals surface area (Å²) in [5.41, 5.74) is -3.00. The Bertz CT molecular complexity index is 847. The maximum absolute atomic E-state index is 17.3. The van der Waals surface area contributed by atoms with Gasteiger partial charge in [-0.25, -0.2) is 4.39 Å². The first-order valence-electron chi connectivity index (χ1n) is 11.7. The quantitative estimate of drug-likeness (QED) is 0.588. The highest BCUT2D eigenvalue weighted by molar-refractivity contribution is 5.83. The van der Waals surface area contributed by atoms with E-state index in [1.165, 1.54) is 0 Å². The van der Waals surface area contributed by atoms with Crippen molar-refractivity contribution >= 4 is 5.78 Å². The standard InChI is InChI=1S/C24H33FO6/c1-14-8-18-17-5-4-15-9-16(26)6-7-20(15,2)23(17,25)19(27)10-21(18,3)24(14)22(30-13-31-24)11-28-12-29-22/h4,14,17-19,27H,5-13H2,1-3H3/t14-,17+,18+,19+,20+,21+,22?,23+,24-/m1/s1. The maximum Gasteiger partial charge on any atom is 0.227 e. The number of rotatable bonds is 0. The molecular weight excluding hydrogens is 403 g/mol. The van der Waals surface area contributed by atoms with Gasteiger partial charge in [0, 0.05) is 29.6 Å². The summed E-state index contributed by atoms with van der Waals surface area (Å²) in [4.78, 5) is 12.1.